The van der Waals surface area contributed by atoms with Gasteiger partial charge in [0.25, 0.3) is 0 Å². The van der Waals surface area contributed by atoms with Gasteiger partial charge in [-0.05, 0) is 36.8 Å². The number of hydrogen-bond acceptors (Lipinski definition) is 6. The molecular weight excluding hydrogens is 440 g/mol. The summed E-state index contributed by atoms with van der Waals surface area (Å²) in [6.45, 7) is 2.45. The second-order valence-corrected chi connectivity index (χ2v) is 7.88. The first-order valence-corrected chi connectivity index (χ1v) is 10.3. The zero-order valence-electron chi connectivity index (χ0n) is 15.2. The van der Waals surface area contributed by atoms with E-state index < -0.39 is 5.97 Å². The molecule has 0 atom stereocenters. The fourth-order valence-corrected chi connectivity index (χ4v) is 3.98. The molecule has 0 amide bonds. The highest BCUT2D eigenvalue weighted by Gasteiger charge is 2.27. The molecule has 2 aromatic carbocycles. The number of anilines is 2. The van der Waals surface area contributed by atoms with Crippen molar-refractivity contribution in [1.82, 2.24) is 0 Å². The molecule has 0 aliphatic carbocycles. The molecule has 0 fully saturated rings. The van der Waals surface area contributed by atoms with Crippen molar-refractivity contribution in [3.05, 3.63) is 80.6 Å². The third kappa shape index (κ3) is 4.43. The molecule has 3 N–H and O–H groups in total. The Morgan fingerprint density at radius 2 is 1.79 bits per heavy atom. The molecular formula is C21H19BrN2O3S. The summed E-state index contributed by atoms with van der Waals surface area (Å²) in [5.74, 6) is -0.769. The Bertz CT molecular complexity index is 985. The van der Waals surface area contributed by atoms with Crippen LogP contribution in [-0.4, -0.2) is 18.4 Å². The zero-order chi connectivity index (χ0) is 20.1. The smallest absolute Gasteiger partial charge is 0.343 e. The van der Waals surface area contributed by atoms with Crippen LogP contribution in [0.5, 0.6) is 0 Å². The summed E-state index contributed by atoms with van der Waals surface area (Å²) in [5.41, 5.74) is 8.12. The fourth-order valence-electron chi connectivity index (χ4n) is 2.65. The summed E-state index contributed by atoms with van der Waals surface area (Å²) in [6, 6.07) is 16.8. The van der Waals surface area contributed by atoms with Gasteiger partial charge in [0, 0.05) is 16.6 Å². The average Bonchev–Trinajstić information content (AvgIpc) is 3.03. The lowest BCUT2D eigenvalue weighted by atomic mass is 10.1. The number of carbonyl (C=O) groups is 2. The number of benzene rings is 2. The lowest BCUT2D eigenvalue weighted by molar-refractivity contribution is 0.0529. The van der Waals surface area contributed by atoms with Gasteiger partial charge in [0.05, 0.1) is 12.3 Å². The molecule has 144 valence electrons. The molecule has 7 heteroatoms. The lowest BCUT2D eigenvalue weighted by Gasteiger charge is -2.07. The first-order valence-electron chi connectivity index (χ1n) is 8.68. The van der Waals surface area contributed by atoms with E-state index in [4.69, 9.17) is 10.5 Å². The zero-order valence-corrected chi connectivity index (χ0v) is 17.6. The molecule has 0 saturated carbocycles. The van der Waals surface area contributed by atoms with Crippen LogP contribution in [0.25, 0.3) is 0 Å². The van der Waals surface area contributed by atoms with Crippen molar-refractivity contribution in [2.45, 2.75) is 13.5 Å². The van der Waals surface area contributed by atoms with Gasteiger partial charge in [0.15, 0.2) is 0 Å². The van der Waals surface area contributed by atoms with Crippen LogP contribution in [0.15, 0.2) is 59.1 Å². The molecule has 3 aromatic rings. The number of hydrogen-bond donors (Lipinski definition) is 2. The van der Waals surface area contributed by atoms with Gasteiger partial charge in [-0.2, -0.15) is 0 Å². The lowest BCUT2D eigenvalue weighted by Crippen LogP contribution is -2.11. The first-order chi connectivity index (χ1) is 13.5. The number of carbonyl (C=O) groups excluding carboxylic acids is 2. The number of rotatable bonds is 7. The van der Waals surface area contributed by atoms with Gasteiger partial charge in [0.1, 0.15) is 15.4 Å². The number of nitrogen functional groups attached to an aromatic ring is 1. The average molecular weight is 459 g/mol. The summed E-state index contributed by atoms with van der Waals surface area (Å²) in [4.78, 5) is 25.7. The van der Waals surface area contributed by atoms with Gasteiger partial charge in [-0.3, -0.25) is 4.79 Å². The second kappa shape index (κ2) is 9.03. The molecule has 3 rings (SSSR count). The van der Waals surface area contributed by atoms with E-state index in [1.807, 2.05) is 30.3 Å². The second-order valence-electron chi connectivity index (χ2n) is 5.94. The molecule has 0 unspecified atom stereocenters. The Hall–Kier alpha value is -2.64. The van der Waals surface area contributed by atoms with Crippen molar-refractivity contribution >= 4 is 49.7 Å². The molecule has 1 aromatic heterocycles. The third-order valence-corrected chi connectivity index (χ3v) is 5.72. The van der Waals surface area contributed by atoms with E-state index in [0.717, 1.165) is 10.0 Å². The number of ether oxygens (including phenoxy) is 1. The molecule has 0 spiro atoms. The summed E-state index contributed by atoms with van der Waals surface area (Å²) in [7, 11) is 0. The maximum absolute atomic E-state index is 12.9. The van der Waals surface area contributed by atoms with E-state index in [9.17, 15) is 9.59 Å². The van der Waals surface area contributed by atoms with Crippen LogP contribution in [0.3, 0.4) is 0 Å². The van der Waals surface area contributed by atoms with Crippen molar-refractivity contribution in [2.24, 2.45) is 0 Å². The summed E-state index contributed by atoms with van der Waals surface area (Å²) in [5, 5.41) is 3.75. The Kier molecular flexibility index (Phi) is 6.49. The third-order valence-electron chi connectivity index (χ3n) is 4.03. The van der Waals surface area contributed by atoms with E-state index in [1.165, 1.54) is 11.3 Å². The summed E-state index contributed by atoms with van der Waals surface area (Å²) in [6.07, 6.45) is 0. The predicted molar refractivity (Wildman–Crippen MR) is 116 cm³/mol. The molecule has 0 bridgehead atoms. The van der Waals surface area contributed by atoms with Gasteiger partial charge in [-0.25, -0.2) is 4.79 Å². The van der Waals surface area contributed by atoms with Crippen LogP contribution in [0.4, 0.5) is 10.7 Å². The number of esters is 1. The largest absolute Gasteiger partial charge is 0.462 e. The topological polar surface area (TPSA) is 81.4 Å². The first kappa shape index (κ1) is 20.1. The minimum absolute atomic E-state index is 0.145. The highest BCUT2D eigenvalue weighted by Crippen LogP contribution is 2.38. The van der Waals surface area contributed by atoms with Crippen molar-refractivity contribution in [1.29, 1.82) is 0 Å². The maximum Gasteiger partial charge on any atom is 0.343 e. The monoisotopic (exact) mass is 458 g/mol. The van der Waals surface area contributed by atoms with Crippen LogP contribution in [-0.2, 0) is 11.3 Å². The molecule has 5 nitrogen and oxygen atoms in total. The van der Waals surface area contributed by atoms with Crippen LogP contribution >= 0.6 is 27.3 Å². The fraction of sp³-hybridized carbons (Fsp3) is 0.143. The predicted octanol–water partition coefficient (Wildman–Crippen LogP) is 5.11. The SMILES string of the molecule is CCOC(=O)c1c(NCc2ccccc2)sc(C(=O)c2ccc(Br)cc2)c1N. The van der Waals surface area contributed by atoms with Crippen molar-refractivity contribution in [3.8, 4) is 0 Å². The maximum atomic E-state index is 12.9. The van der Waals surface area contributed by atoms with Crippen LogP contribution < -0.4 is 11.1 Å². The van der Waals surface area contributed by atoms with E-state index in [1.54, 1.807) is 31.2 Å². The Balaban J connectivity index is 1.95. The van der Waals surface area contributed by atoms with Crippen LogP contribution in [0.2, 0.25) is 0 Å². The standard InChI is InChI=1S/C21H19BrN2O3S/c1-2-27-21(26)16-17(23)19(18(25)14-8-10-15(22)11-9-14)28-20(16)24-12-13-6-4-3-5-7-13/h3-11,24H,2,12,23H2,1H3. The molecule has 0 aliphatic rings. The van der Waals surface area contributed by atoms with Gasteiger partial charge in [0.2, 0.25) is 5.78 Å². The van der Waals surface area contributed by atoms with Crippen LogP contribution in [0, 0.1) is 0 Å². The highest BCUT2D eigenvalue weighted by molar-refractivity contribution is 9.10. The van der Waals surface area contributed by atoms with E-state index in [2.05, 4.69) is 21.2 Å². The van der Waals surface area contributed by atoms with Gasteiger partial charge in [-0.15, -0.1) is 11.3 Å². The number of nitrogens with one attached hydrogen (secondary N) is 1. The van der Waals surface area contributed by atoms with E-state index in [-0.39, 0.29) is 23.6 Å². The van der Waals surface area contributed by atoms with Gasteiger partial charge >= 0.3 is 5.97 Å². The van der Waals surface area contributed by atoms with Crippen molar-refractivity contribution in [3.63, 3.8) is 0 Å². The van der Waals surface area contributed by atoms with Crippen molar-refractivity contribution < 1.29 is 14.3 Å². The highest BCUT2D eigenvalue weighted by atomic mass is 79.9. The number of thiophene rings is 1. The minimum atomic E-state index is -0.540. The molecule has 1 heterocycles. The van der Waals surface area contributed by atoms with Crippen LogP contribution in [0.1, 0.15) is 38.1 Å². The normalized spacial score (nSPS) is 10.5. The van der Waals surface area contributed by atoms with E-state index >= 15 is 0 Å². The molecule has 28 heavy (non-hydrogen) atoms. The number of nitrogens with two attached hydrogens (primary N) is 1. The Morgan fingerprint density at radius 3 is 2.43 bits per heavy atom. The van der Waals surface area contributed by atoms with Gasteiger partial charge in [-0.1, -0.05) is 46.3 Å². The molecule has 0 saturated heterocycles. The minimum Gasteiger partial charge on any atom is -0.462 e. The molecule has 0 aliphatic heterocycles. The molecule has 0 radical (unpaired) electrons. The Morgan fingerprint density at radius 1 is 1.11 bits per heavy atom. The van der Waals surface area contributed by atoms with E-state index in [0.29, 0.717) is 22.0 Å². The Labute approximate surface area is 175 Å². The quantitative estimate of drug-likeness (QED) is 0.379. The van der Waals surface area contributed by atoms with Gasteiger partial charge < -0.3 is 15.8 Å². The number of halogens is 1. The summed E-state index contributed by atoms with van der Waals surface area (Å²) < 4.78 is 6.02. The summed E-state index contributed by atoms with van der Waals surface area (Å²) >= 11 is 4.52. The van der Waals surface area contributed by atoms with Crippen molar-refractivity contribution in [2.75, 3.05) is 17.7 Å². The number of ketones is 1.